The number of fused-ring (bicyclic) bond motifs is 1. The van der Waals surface area contributed by atoms with Crippen LogP contribution in [0.3, 0.4) is 0 Å². The summed E-state index contributed by atoms with van der Waals surface area (Å²) >= 11 is 1.87. The van der Waals surface area contributed by atoms with Crippen molar-refractivity contribution in [3.8, 4) is 0 Å². The van der Waals surface area contributed by atoms with Crippen molar-refractivity contribution in [2.75, 3.05) is 5.32 Å². The number of nitrogens with one attached hydrogen (secondary N) is 1. The van der Waals surface area contributed by atoms with Gasteiger partial charge in [-0.3, -0.25) is 0 Å². The predicted molar refractivity (Wildman–Crippen MR) is 84.4 cm³/mol. The van der Waals surface area contributed by atoms with Crippen LogP contribution in [0.25, 0.3) is 0 Å². The monoisotopic (exact) mass is 287 g/mol. The molecule has 20 heavy (non-hydrogen) atoms. The topological polar surface area (TPSA) is 37.8 Å². The molecule has 2 heterocycles. The van der Waals surface area contributed by atoms with Crippen LogP contribution in [-0.2, 0) is 19.4 Å². The van der Waals surface area contributed by atoms with Crippen LogP contribution in [0.15, 0.2) is 12.4 Å². The first kappa shape index (κ1) is 13.6. The zero-order valence-corrected chi connectivity index (χ0v) is 13.0. The first-order valence-electron chi connectivity index (χ1n) is 7.36. The van der Waals surface area contributed by atoms with E-state index in [9.17, 15) is 0 Å². The lowest BCUT2D eigenvalue weighted by Gasteiger charge is -2.11. The van der Waals surface area contributed by atoms with Crippen molar-refractivity contribution in [3.05, 3.63) is 39.0 Å². The summed E-state index contributed by atoms with van der Waals surface area (Å²) in [5.41, 5.74) is 3.97. The van der Waals surface area contributed by atoms with Crippen molar-refractivity contribution < 1.29 is 0 Å². The minimum atomic E-state index is 0.864. The van der Waals surface area contributed by atoms with Gasteiger partial charge in [-0.1, -0.05) is 6.42 Å². The lowest BCUT2D eigenvalue weighted by atomic mass is 10.1. The molecule has 3 rings (SSSR count). The summed E-state index contributed by atoms with van der Waals surface area (Å²) in [5, 5.41) is 3.52. The number of nitrogens with zero attached hydrogens (tertiary/aromatic N) is 2. The molecule has 0 spiro atoms. The van der Waals surface area contributed by atoms with Crippen LogP contribution < -0.4 is 5.32 Å². The molecule has 0 unspecified atom stereocenters. The maximum atomic E-state index is 4.46. The third-order valence-electron chi connectivity index (χ3n) is 4.02. The van der Waals surface area contributed by atoms with E-state index >= 15 is 0 Å². The minimum Gasteiger partial charge on any atom is -0.365 e. The number of hydrogen-bond acceptors (Lipinski definition) is 4. The average Bonchev–Trinajstić information content (AvgIpc) is 2.66. The molecule has 0 amide bonds. The minimum absolute atomic E-state index is 0.864. The van der Waals surface area contributed by atoms with Crippen LogP contribution in [0.5, 0.6) is 0 Å². The SMILES string of the molecule is Cc1cc(CNc2ncnc3c2CCCCC3)sc1C. The molecule has 0 radical (unpaired) electrons. The molecule has 1 aliphatic carbocycles. The second-order valence-corrected chi connectivity index (χ2v) is 6.85. The highest BCUT2D eigenvalue weighted by Crippen LogP contribution is 2.25. The van der Waals surface area contributed by atoms with Crippen LogP contribution in [0.2, 0.25) is 0 Å². The van der Waals surface area contributed by atoms with E-state index in [1.165, 1.54) is 45.8 Å². The largest absolute Gasteiger partial charge is 0.365 e. The summed E-state index contributed by atoms with van der Waals surface area (Å²) in [7, 11) is 0. The van der Waals surface area contributed by atoms with E-state index in [2.05, 4.69) is 35.2 Å². The van der Waals surface area contributed by atoms with Gasteiger partial charge in [0.25, 0.3) is 0 Å². The second-order valence-electron chi connectivity index (χ2n) is 5.51. The Balaban J connectivity index is 1.77. The Kier molecular flexibility index (Phi) is 4.01. The van der Waals surface area contributed by atoms with Gasteiger partial charge in [0, 0.05) is 21.0 Å². The highest BCUT2D eigenvalue weighted by molar-refractivity contribution is 7.12. The molecule has 0 fully saturated rings. The van der Waals surface area contributed by atoms with Crippen molar-refractivity contribution in [1.29, 1.82) is 0 Å². The van der Waals surface area contributed by atoms with E-state index in [0.29, 0.717) is 0 Å². The lowest BCUT2D eigenvalue weighted by molar-refractivity contribution is 0.709. The van der Waals surface area contributed by atoms with E-state index < -0.39 is 0 Å². The third-order valence-corrected chi connectivity index (χ3v) is 5.17. The Bertz CT molecular complexity index is 584. The van der Waals surface area contributed by atoms with Crippen molar-refractivity contribution in [3.63, 3.8) is 0 Å². The summed E-state index contributed by atoms with van der Waals surface area (Å²) in [5.74, 6) is 1.04. The summed E-state index contributed by atoms with van der Waals surface area (Å²) in [6.07, 6.45) is 7.74. The molecule has 0 saturated carbocycles. The van der Waals surface area contributed by atoms with E-state index in [-0.39, 0.29) is 0 Å². The quantitative estimate of drug-likeness (QED) is 0.866. The Hall–Kier alpha value is -1.42. The molecule has 3 nitrogen and oxygen atoms in total. The second kappa shape index (κ2) is 5.92. The molecule has 0 bridgehead atoms. The molecule has 4 heteroatoms. The van der Waals surface area contributed by atoms with Crippen LogP contribution in [0.4, 0.5) is 5.82 Å². The third kappa shape index (κ3) is 2.85. The molecule has 1 aliphatic rings. The summed E-state index contributed by atoms with van der Waals surface area (Å²) in [4.78, 5) is 11.7. The molecule has 0 atom stereocenters. The number of anilines is 1. The molecule has 0 aromatic carbocycles. The molecular weight excluding hydrogens is 266 g/mol. The number of hydrogen-bond donors (Lipinski definition) is 1. The van der Waals surface area contributed by atoms with Crippen LogP contribution >= 0.6 is 11.3 Å². The van der Waals surface area contributed by atoms with E-state index in [1.54, 1.807) is 6.33 Å². The Labute approximate surface area is 124 Å². The van der Waals surface area contributed by atoms with Gasteiger partial charge in [0.05, 0.1) is 6.54 Å². The molecule has 2 aromatic heterocycles. The average molecular weight is 287 g/mol. The predicted octanol–water partition coefficient (Wildman–Crippen LogP) is 4.04. The van der Waals surface area contributed by atoms with Gasteiger partial charge in [-0.15, -0.1) is 11.3 Å². The zero-order valence-electron chi connectivity index (χ0n) is 12.2. The van der Waals surface area contributed by atoms with Crippen LogP contribution in [0, 0.1) is 13.8 Å². The van der Waals surface area contributed by atoms with Crippen LogP contribution in [0.1, 0.15) is 45.8 Å². The summed E-state index contributed by atoms with van der Waals surface area (Å²) in [6.45, 7) is 5.22. The zero-order chi connectivity index (χ0) is 13.9. The maximum absolute atomic E-state index is 4.46. The van der Waals surface area contributed by atoms with Gasteiger partial charge >= 0.3 is 0 Å². The highest BCUT2D eigenvalue weighted by atomic mass is 32.1. The molecular formula is C16H21N3S. The normalized spacial score (nSPS) is 14.7. The molecule has 0 aliphatic heterocycles. The van der Waals surface area contributed by atoms with Crippen molar-refractivity contribution >= 4 is 17.2 Å². The van der Waals surface area contributed by atoms with Crippen LogP contribution in [-0.4, -0.2) is 9.97 Å². The molecule has 1 N–H and O–H groups in total. The van der Waals surface area contributed by atoms with Gasteiger partial charge < -0.3 is 5.32 Å². The van der Waals surface area contributed by atoms with Crippen molar-refractivity contribution in [2.45, 2.75) is 52.5 Å². The lowest BCUT2D eigenvalue weighted by Crippen LogP contribution is -2.07. The number of rotatable bonds is 3. The Morgan fingerprint density at radius 1 is 1.15 bits per heavy atom. The van der Waals surface area contributed by atoms with E-state index in [4.69, 9.17) is 0 Å². The molecule has 0 saturated heterocycles. The number of thiophene rings is 1. The Morgan fingerprint density at radius 2 is 2.00 bits per heavy atom. The molecule has 2 aromatic rings. The highest BCUT2D eigenvalue weighted by Gasteiger charge is 2.14. The standard InChI is InChI=1S/C16H21N3S/c1-11-8-13(20-12(11)2)9-17-16-14-6-4-3-5-7-15(14)18-10-19-16/h8,10H,3-7,9H2,1-2H3,(H,17,18,19). The first-order chi connectivity index (χ1) is 9.74. The maximum Gasteiger partial charge on any atom is 0.133 e. The smallest absolute Gasteiger partial charge is 0.133 e. The molecule has 106 valence electrons. The fourth-order valence-electron chi connectivity index (χ4n) is 2.76. The van der Waals surface area contributed by atoms with Gasteiger partial charge in [-0.25, -0.2) is 9.97 Å². The summed E-state index contributed by atoms with van der Waals surface area (Å²) < 4.78 is 0. The number of aromatic nitrogens is 2. The number of aryl methyl sites for hydroxylation is 3. The first-order valence-corrected chi connectivity index (χ1v) is 8.18. The van der Waals surface area contributed by atoms with Gasteiger partial charge in [0.15, 0.2) is 0 Å². The van der Waals surface area contributed by atoms with Gasteiger partial charge in [-0.2, -0.15) is 0 Å². The summed E-state index contributed by atoms with van der Waals surface area (Å²) in [6, 6.07) is 2.27. The van der Waals surface area contributed by atoms with Crippen molar-refractivity contribution in [1.82, 2.24) is 9.97 Å². The van der Waals surface area contributed by atoms with Gasteiger partial charge in [0.1, 0.15) is 12.1 Å². The fraction of sp³-hybridized carbons (Fsp3) is 0.500. The van der Waals surface area contributed by atoms with Gasteiger partial charge in [0.2, 0.25) is 0 Å². The van der Waals surface area contributed by atoms with E-state index in [0.717, 1.165) is 25.2 Å². The fourth-order valence-corrected chi connectivity index (χ4v) is 3.75. The Morgan fingerprint density at radius 3 is 2.80 bits per heavy atom. The van der Waals surface area contributed by atoms with Crippen molar-refractivity contribution in [2.24, 2.45) is 0 Å². The van der Waals surface area contributed by atoms with E-state index in [1.807, 2.05) is 11.3 Å². The van der Waals surface area contributed by atoms with Gasteiger partial charge in [-0.05, 0) is 51.2 Å².